The Morgan fingerprint density at radius 1 is 0.833 bits per heavy atom. The van der Waals surface area contributed by atoms with Gasteiger partial charge < -0.3 is 4.74 Å². The number of para-hydroxylation sites is 1. The van der Waals surface area contributed by atoms with Crippen LogP contribution in [-0.2, 0) is 0 Å². The summed E-state index contributed by atoms with van der Waals surface area (Å²) >= 11 is 0. The first-order valence-electron chi connectivity index (χ1n) is 7.53. The second-order valence-electron chi connectivity index (χ2n) is 5.06. The summed E-state index contributed by atoms with van der Waals surface area (Å²) in [6.07, 6.45) is 1.70. The first-order valence-corrected chi connectivity index (χ1v) is 7.53. The first-order chi connectivity index (χ1) is 11.8. The molecular formula is C20H16N2O2. The standard InChI is InChI=1S/C20H16N2O2/c23-20(17-7-3-1-4-8-17)24-19-13-11-16(12-14-19)15-21-22-18-9-5-2-6-10-18/h1-15,22H/b21-15+. The number of rotatable bonds is 5. The van der Waals surface area contributed by atoms with Crippen LogP contribution in [0.15, 0.2) is 90.0 Å². The zero-order valence-electron chi connectivity index (χ0n) is 12.9. The molecule has 1 N–H and O–H groups in total. The molecule has 0 bridgehead atoms. The van der Waals surface area contributed by atoms with Gasteiger partial charge in [0.2, 0.25) is 0 Å². The number of nitrogens with one attached hydrogen (secondary N) is 1. The fraction of sp³-hybridized carbons (Fsp3) is 0. The van der Waals surface area contributed by atoms with Crippen LogP contribution in [0.3, 0.4) is 0 Å². The number of benzene rings is 3. The number of carbonyl (C=O) groups is 1. The van der Waals surface area contributed by atoms with Gasteiger partial charge in [-0.3, -0.25) is 5.43 Å². The van der Waals surface area contributed by atoms with E-state index in [2.05, 4.69) is 10.5 Å². The van der Waals surface area contributed by atoms with Crippen LogP contribution in [-0.4, -0.2) is 12.2 Å². The Hall–Kier alpha value is -3.40. The summed E-state index contributed by atoms with van der Waals surface area (Å²) in [5.41, 5.74) is 5.29. The van der Waals surface area contributed by atoms with Crippen LogP contribution in [0.1, 0.15) is 15.9 Å². The molecule has 0 saturated heterocycles. The summed E-state index contributed by atoms with van der Waals surface area (Å²) in [6.45, 7) is 0. The highest BCUT2D eigenvalue weighted by molar-refractivity contribution is 5.91. The molecule has 3 rings (SSSR count). The predicted octanol–water partition coefficient (Wildman–Crippen LogP) is 4.35. The van der Waals surface area contributed by atoms with E-state index in [1.54, 1.807) is 42.6 Å². The lowest BCUT2D eigenvalue weighted by Crippen LogP contribution is -2.08. The van der Waals surface area contributed by atoms with Gasteiger partial charge in [0.05, 0.1) is 17.5 Å². The van der Waals surface area contributed by atoms with Gasteiger partial charge in [0.15, 0.2) is 0 Å². The Morgan fingerprint density at radius 2 is 1.46 bits per heavy atom. The smallest absolute Gasteiger partial charge is 0.343 e. The van der Waals surface area contributed by atoms with Crippen LogP contribution in [0, 0.1) is 0 Å². The van der Waals surface area contributed by atoms with Gasteiger partial charge in [-0.25, -0.2) is 4.79 Å². The highest BCUT2D eigenvalue weighted by Gasteiger charge is 2.07. The summed E-state index contributed by atoms with van der Waals surface area (Å²) in [4.78, 5) is 12.0. The minimum Gasteiger partial charge on any atom is -0.423 e. The van der Waals surface area contributed by atoms with Crippen molar-refractivity contribution in [3.05, 3.63) is 96.1 Å². The third kappa shape index (κ3) is 4.30. The number of hydrogen-bond acceptors (Lipinski definition) is 4. The second kappa shape index (κ2) is 7.74. The van der Waals surface area contributed by atoms with E-state index in [9.17, 15) is 4.79 Å². The van der Waals surface area contributed by atoms with Crippen molar-refractivity contribution < 1.29 is 9.53 Å². The second-order valence-corrected chi connectivity index (χ2v) is 5.06. The molecule has 0 aliphatic rings. The molecule has 0 spiro atoms. The Morgan fingerprint density at radius 3 is 2.12 bits per heavy atom. The Balaban J connectivity index is 1.58. The summed E-state index contributed by atoms with van der Waals surface area (Å²) in [5.74, 6) is 0.125. The lowest BCUT2D eigenvalue weighted by atomic mass is 10.2. The van der Waals surface area contributed by atoms with Gasteiger partial charge in [-0.15, -0.1) is 0 Å². The van der Waals surface area contributed by atoms with Gasteiger partial charge in [0.1, 0.15) is 5.75 Å². The number of nitrogens with zero attached hydrogens (tertiary/aromatic N) is 1. The quantitative estimate of drug-likeness (QED) is 0.329. The molecule has 0 aliphatic heterocycles. The molecule has 118 valence electrons. The number of carbonyl (C=O) groups excluding carboxylic acids is 1. The number of anilines is 1. The molecule has 0 saturated carbocycles. The van der Waals surface area contributed by atoms with E-state index in [0.29, 0.717) is 11.3 Å². The van der Waals surface area contributed by atoms with Gasteiger partial charge in [-0.1, -0.05) is 36.4 Å². The van der Waals surface area contributed by atoms with Crippen molar-refractivity contribution in [3.8, 4) is 5.75 Å². The molecule has 0 amide bonds. The average molecular weight is 316 g/mol. The fourth-order valence-electron chi connectivity index (χ4n) is 2.06. The summed E-state index contributed by atoms with van der Waals surface area (Å²) in [6, 6.07) is 25.7. The third-order valence-electron chi connectivity index (χ3n) is 3.28. The van der Waals surface area contributed by atoms with Gasteiger partial charge in [-0.05, 0) is 54.1 Å². The number of hydrazone groups is 1. The monoisotopic (exact) mass is 316 g/mol. The van der Waals surface area contributed by atoms with Gasteiger partial charge >= 0.3 is 5.97 Å². The molecule has 0 aromatic heterocycles. The van der Waals surface area contributed by atoms with Crippen molar-refractivity contribution in [1.29, 1.82) is 0 Å². The zero-order chi connectivity index (χ0) is 16.6. The van der Waals surface area contributed by atoms with Gasteiger partial charge in [0.25, 0.3) is 0 Å². The molecule has 0 heterocycles. The van der Waals surface area contributed by atoms with E-state index in [-0.39, 0.29) is 5.97 Å². The SMILES string of the molecule is O=C(Oc1ccc(/C=N/Nc2ccccc2)cc1)c1ccccc1. The normalized spacial score (nSPS) is 10.5. The lowest BCUT2D eigenvalue weighted by Gasteiger charge is -2.04. The average Bonchev–Trinajstić information content (AvgIpc) is 2.65. The molecule has 0 aliphatic carbocycles. The molecule has 0 radical (unpaired) electrons. The van der Waals surface area contributed by atoms with Crippen molar-refractivity contribution >= 4 is 17.9 Å². The van der Waals surface area contributed by atoms with Crippen LogP contribution in [0.5, 0.6) is 5.75 Å². The molecule has 24 heavy (non-hydrogen) atoms. The van der Waals surface area contributed by atoms with E-state index >= 15 is 0 Å². The third-order valence-corrected chi connectivity index (χ3v) is 3.28. The lowest BCUT2D eigenvalue weighted by molar-refractivity contribution is 0.0735. The first kappa shape index (κ1) is 15.5. The largest absolute Gasteiger partial charge is 0.423 e. The molecule has 4 nitrogen and oxygen atoms in total. The van der Waals surface area contributed by atoms with Crippen molar-refractivity contribution in [2.24, 2.45) is 5.10 Å². The van der Waals surface area contributed by atoms with E-state index in [4.69, 9.17) is 4.74 Å². The van der Waals surface area contributed by atoms with Gasteiger partial charge in [0, 0.05) is 0 Å². The molecule has 0 fully saturated rings. The molecule has 3 aromatic carbocycles. The minimum atomic E-state index is -0.372. The Bertz CT molecular complexity index is 813. The van der Waals surface area contributed by atoms with E-state index in [1.165, 1.54) is 0 Å². The molecule has 0 unspecified atom stereocenters. The molecule has 0 atom stereocenters. The van der Waals surface area contributed by atoms with Crippen molar-refractivity contribution in [1.82, 2.24) is 0 Å². The van der Waals surface area contributed by atoms with E-state index < -0.39 is 0 Å². The van der Waals surface area contributed by atoms with E-state index in [0.717, 1.165) is 11.3 Å². The van der Waals surface area contributed by atoms with Crippen molar-refractivity contribution in [2.45, 2.75) is 0 Å². The Labute approximate surface area is 140 Å². The van der Waals surface area contributed by atoms with Crippen molar-refractivity contribution in [2.75, 3.05) is 5.43 Å². The summed E-state index contributed by atoms with van der Waals surface area (Å²) < 4.78 is 5.33. The zero-order valence-corrected chi connectivity index (χ0v) is 12.9. The molecular weight excluding hydrogens is 300 g/mol. The van der Waals surface area contributed by atoms with Crippen LogP contribution in [0.4, 0.5) is 5.69 Å². The topological polar surface area (TPSA) is 50.7 Å². The predicted molar refractivity (Wildman–Crippen MR) is 95.5 cm³/mol. The maximum atomic E-state index is 12.0. The van der Waals surface area contributed by atoms with Gasteiger partial charge in [-0.2, -0.15) is 5.10 Å². The maximum absolute atomic E-state index is 12.0. The minimum absolute atomic E-state index is 0.372. The molecule has 4 heteroatoms. The summed E-state index contributed by atoms with van der Waals surface area (Å²) in [5, 5.41) is 4.17. The van der Waals surface area contributed by atoms with Crippen LogP contribution in [0.25, 0.3) is 0 Å². The number of ether oxygens (including phenoxy) is 1. The van der Waals surface area contributed by atoms with Crippen molar-refractivity contribution in [3.63, 3.8) is 0 Å². The molecule has 3 aromatic rings. The van der Waals surface area contributed by atoms with E-state index in [1.807, 2.05) is 48.5 Å². The van der Waals surface area contributed by atoms with Crippen LogP contribution >= 0.6 is 0 Å². The fourth-order valence-corrected chi connectivity index (χ4v) is 2.06. The highest BCUT2D eigenvalue weighted by Crippen LogP contribution is 2.14. The van der Waals surface area contributed by atoms with Crippen LogP contribution in [0.2, 0.25) is 0 Å². The summed E-state index contributed by atoms with van der Waals surface area (Å²) in [7, 11) is 0. The Kier molecular flexibility index (Phi) is 5.00. The highest BCUT2D eigenvalue weighted by atomic mass is 16.5. The number of esters is 1. The number of hydrogen-bond donors (Lipinski definition) is 1. The van der Waals surface area contributed by atoms with Crippen LogP contribution < -0.4 is 10.2 Å². The maximum Gasteiger partial charge on any atom is 0.343 e.